The zero-order chi connectivity index (χ0) is 88.3. The molecule has 0 fully saturated rings. The molecule has 0 radical (unpaired) electrons. The number of halogens is 12. The van der Waals surface area contributed by atoms with Crippen LogP contribution in [0.25, 0.3) is 67.5 Å². The van der Waals surface area contributed by atoms with Gasteiger partial charge in [-0.25, -0.2) is 4.39 Å². The first-order chi connectivity index (χ1) is 57.7. The second-order valence-electron chi connectivity index (χ2n) is 29.7. The van der Waals surface area contributed by atoms with Crippen LogP contribution >= 0.6 is 34.8 Å². The van der Waals surface area contributed by atoms with E-state index in [1.54, 1.807) is 55.1 Å². The quantitative estimate of drug-likeness (QED) is 0.0212. The fraction of sp³-hybridized carbons (Fsp3) is 0.393. The van der Waals surface area contributed by atoms with Crippen molar-refractivity contribution in [2.75, 3.05) is 81.6 Å². The Hall–Kier alpha value is -9.82. The molecule has 0 unspecified atom stereocenters. The van der Waals surface area contributed by atoms with Crippen molar-refractivity contribution in [3.63, 3.8) is 0 Å². The molecule has 20 nitrogen and oxygen atoms in total. The molecule has 0 aliphatic heterocycles. The Labute approximate surface area is 718 Å². The van der Waals surface area contributed by atoms with E-state index in [0.29, 0.717) is 17.1 Å². The van der Waals surface area contributed by atoms with Gasteiger partial charge in [-0.3, -0.25) is 30.6 Å². The van der Waals surface area contributed by atoms with E-state index >= 15 is 0 Å². The second-order valence-corrected chi connectivity index (χ2v) is 30.9. The van der Waals surface area contributed by atoms with E-state index in [0.717, 1.165) is 222 Å². The molecule has 0 saturated carbocycles. The Balaban J connectivity index is 0.000000200. The maximum Gasteiger partial charge on any atom is 0.573 e. The van der Waals surface area contributed by atoms with Crippen molar-refractivity contribution in [3.05, 3.63) is 236 Å². The molecule has 12 rings (SSSR count). The Bertz CT molecular complexity index is 4870. The van der Waals surface area contributed by atoms with Crippen molar-refractivity contribution in [3.8, 4) is 79.0 Å². The lowest BCUT2D eigenvalue weighted by atomic mass is 10.1. The number of rotatable bonds is 33. The number of nitrogens with zero attached hydrogens (tertiary/aromatic N) is 12. The van der Waals surface area contributed by atoms with Crippen molar-refractivity contribution in [2.24, 2.45) is 0 Å². The lowest BCUT2D eigenvalue weighted by Crippen LogP contribution is -2.18. The number of aryl methyl sites for hydroxylation is 2. The van der Waals surface area contributed by atoms with Crippen LogP contribution in [0.4, 0.5) is 39.5 Å². The van der Waals surface area contributed by atoms with Gasteiger partial charge in [-0.05, 0) is 242 Å². The highest BCUT2D eigenvalue weighted by molar-refractivity contribution is 6.34. The fourth-order valence-corrected chi connectivity index (χ4v) is 14.1. The van der Waals surface area contributed by atoms with E-state index in [1.807, 2.05) is 51.6 Å². The molecule has 0 spiro atoms. The van der Waals surface area contributed by atoms with Gasteiger partial charge in [0.25, 0.3) is 0 Å². The first-order valence-corrected chi connectivity index (χ1v) is 41.2. The van der Waals surface area contributed by atoms with Crippen LogP contribution in [0.1, 0.15) is 130 Å². The summed E-state index contributed by atoms with van der Waals surface area (Å²) in [6, 6.07) is 34.0. The Morgan fingerprint density at radius 3 is 0.950 bits per heavy atom. The zero-order valence-corrected chi connectivity index (χ0v) is 73.4. The van der Waals surface area contributed by atoms with Crippen LogP contribution in [0.2, 0.25) is 15.1 Å². The van der Waals surface area contributed by atoms with Crippen LogP contribution in [-0.2, 0) is 45.4 Å². The maximum absolute atomic E-state index is 13.1. The first kappa shape index (κ1) is 98.3. The summed E-state index contributed by atoms with van der Waals surface area (Å²) in [5.74, 6) is -0.420. The predicted molar refractivity (Wildman–Crippen MR) is 467 cm³/mol. The summed E-state index contributed by atoms with van der Waals surface area (Å²) in [4.78, 5) is 13.3. The number of H-pyrrole nitrogens is 6. The minimum Gasteiger partial charge on any atom is -0.435 e. The highest BCUT2D eigenvalue weighted by Crippen LogP contribution is 2.36. The molecule has 12 aromatic rings. The molecule has 0 aliphatic carbocycles. The van der Waals surface area contributed by atoms with Gasteiger partial charge in [-0.2, -0.15) is 52.5 Å². The molecule has 0 bridgehead atoms. The summed E-state index contributed by atoms with van der Waals surface area (Å²) >= 11 is 18.7. The molecule has 0 aliphatic rings. The molecule has 654 valence electrons. The fourth-order valence-electron chi connectivity index (χ4n) is 13.3. The van der Waals surface area contributed by atoms with Crippen molar-refractivity contribution < 1.29 is 49.0 Å². The standard InChI is InChI=1S/2C15H20ClN3.C15H18F3N3O.C15H18F3N3.C15H19F2N3O.C14H17ClFN3/c1-4-7-19(3)10-12-9-17-18-15(12)13-8-11(2)5-6-14(13)16;1-4-7-19(3)10-12-9-17-18-15(12)13-6-5-11(2)8-14(13)16;1-3-8-21(2)10-12-9-19-20-14(12)11-4-6-13(7-5-11)22-15(16,17)18;1-3-8-21(2)10-12-9-19-20-14(12)11-4-6-13(7-5-11)15(16,17)18;1-3-8-20(2)10-12-9-18-19-14(12)11-4-6-13(7-5-11)21-15(16)17;1-3-6-19(2)9-10-8-17-18-14(10)12-5-4-11(16)7-13(12)15/h2*5-6,8-9H,4,7,10H2,1-3H3,(H,17,18);4-7,9H,3,8,10H2,1-2H3,(H,19,20);4-7,9H,3,8,10H2,1-2H3,(H,19,20);4-7,9,15H,3,8,10H2,1-2H3,(H,18,19);4-5,7-8H,3,6,9H2,1-2H3,(H,17,18). The van der Waals surface area contributed by atoms with Gasteiger partial charge in [-0.1, -0.05) is 112 Å². The molecule has 32 heteroatoms. The van der Waals surface area contributed by atoms with E-state index in [1.165, 1.54) is 65.2 Å². The van der Waals surface area contributed by atoms with Gasteiger partial charge in [0.2, 0.25) is 0 Å². The smallest absolute Gasteiger partial charge is 0.435 e. The second kappa shape index (κ2) is 49.3. The molecule has 121 heavy (non-hydrogen) atoms. The summed E-state index contributed by atoms with van der Waals surface area (Å²) in [6.07, 6.45) is 8.41. The number of alkyl halides is 8. The number of hydrogen-bond acceptors (Lipinski definition) is 14. The van der Waals surface area contributed by atoms with Gasteiger partial charge in [0.15, 0.2) is 0 Å². The summed E-state index contributed by atoms with van der Waals surface area (Å²) in [6.45, 7) is 25.0. The van der Waals surface area contributed by atoms with E-state index in [9.17, 15) is 39.5 Å². The van der Waals surface area contributed by atoms with Gasteiger partial charge < -0.3 is 38.9 Å². The van der Waals surface area contributed by atoms with E-state index in [-0.39, 0.29) is 17.3 Å². The Kier molecular flexibility index (Phi) is 40.1. The van der Waals surface area contributed by atoms with Crippen molar-refractivity contribution >= 4 is 34.8 Å². The third-order valence-electron chi connectivity index (χ3n) is 18.8. The molecule has 0 atom stereocenters. The number of aromatic amines is 6. The first-order valence-electron chi connectivity index (χ1n) is 40.1. The maximum atomic E-state index is 13.1. The Morgan fingerprint density at radius 1 is 0.347 bits per heavy atom. The summed E-state index contributed by atoms with van der Waals surface area (Å²) in [5, 5.41) is 44.3. The van der Waals surface area contributed by atoms with Gasteiger partial charge in [0.1, 0.15) is 17.3 Å². The number of hydrogen-bond donors (Lipinski definition) is 6. The largest absolute Gasteiger partial charge is 0.573 e. The average molecular weight is 1740 g/mol. The number of aromatic nitrogens is 12. The van der Waals surface area contributed by atoms with Gasteiger partial charge in [0.05, 0.1) is 87.0 Å². The number of nitrogens with one attached hydrogen (secondary N) is 6. The van der Waals surface area contributed by atoms with Crippen LogP contribution in [0.15, 0.2) is 165 Å². The normalized spacial score (nSPS) is 11.5. The molecule has 0 saturated heterocycles. The van der Waals surface area contributed by atoms with Crippen LogP contribution < -0.4 is 9.47 Å². The molecule has 6 N–H and O–H groups in total. The summed E-state index contributed by atoms with van der Waals surface area (Å²) in [5.41, 5.74) is 18.8. The van der Waals surface area contributed by atoms with Crippen molar-refractivity contribution in [1.29, 1.82) is 0 Å². The van der Waals surface area contributed by atoms with Crippen molar-refractivity contribution in [1.82, 2.24) is 90.6 Å². The predicted octanol–water partition coefficient (Wildman–Crippen LogP) is 22.7. The molecular formula is C89H112Cl3F9N18O2. The SMILES string of the molecule is CCCN(C)Cc1cn[nH]c1-c1cc(C)ccc1Cl.CCCN(C)Cc1cn[nH]c1-c1ccc(C(F)(F)F)cc1.CCCN(C)Cc1cn[nH]c1-c1ccc(C)cc1Cl.CCCN(C)Cc1cn[nH]c1-c1ccc(F)cc1Cl.CCCN(C)Cc1cn[nH]c1-c1ccc(OC(F)(F)F)cc1.CCCN(C)Cc1cn[nH]c1-c1ccc(OC(F)F)cc1. The third kappa shape index (κ3) is 32.2. The van der Waals surface area contributed by atoms with Crippen LogP contribution in [-0.4, -0.2) is 185 Å². The lowest BCUT2D eigenvalue weighted by Gasteiger charge is -2.15. The van der Waals surface area contributed by atoms with Crippen LogP contribution in [0.3, 0.4) is 0 Å². The van der Waals surface area contributed by atoms with Crippen LogP contribution in [0.5, 0.6) is 11.5 Å². The summed E-state index contributed by atoms with van der Waals surface area (Å²) in [7, 11) is 12.4. The minimum atomic E-state index is -4.68. The molecule has 6 aromatic heterocycles. The molecule has 6 heterocycles. The average Bonchev–Trinajstić information content (AvgIpc) is 1.73. The van der Waals surface area contributed by atoms with E-state index in [4.69, 9.17) is 34.8 Å². The van der Waals surface area contributed by atoms with Crippen molar-refractivity contribution in [2.45, 2.75) is 152 Å². The molecule has 0 amide bonds. The molecular weight excluding hydrogens is 1630 g/mol. The monoisotopic (exact) mass is 1740 g/mol. The lowest BCUT2D eigenvalue weighted by molar-refractivity contribution is -0.274. The van der Waals surface area contributed by atoms with Gasteiger partial charge in [-0.15, -0.1) is 13.2 Å². The third-order valence-corrected chi connectivity index (χ3v) is 19.8. The van der Waals surface area contributed by atoms with Gasteiger partial charge >= 0.3 is 19.2 Å². The van der Waals surface area contributed by atoms with E-state index < -0.39 is 24.7 Å². The molecule has 6 aromatic carbocycles. The highest BCUT2D eigenvalue weighted by Gasteiger charge is 2.32. The Morgan fingerprint density at radius 2 is 0.636 bits per heavy atom. The number of ether oxygens (including phenoxy) is 2. The minimum absolute atomic E-state index is 0.151. The summed E-state index contributed by atoms with van der Waals surface area (Å²) < 4.78 is 120. The zero-order valence-electron chi connectivity index (χ0n) is 71.1. The van der Waals surface area contributed by atoms with Gasteiger partial charge in [0, 0.05) is 105 Å². The topological polar surface area (TPSA) is 210 Å². The van der Waals surface area contributed by atoms with Crippen LogP contribution in [0, 0.1) is 19.7 Å². The van der Waals surface area contributed by atoms with E-state index in [2.05, 4.69) is 195 Å². The number of benzene rings is 6. The highest BCUT2D eigenvalue weighted by atomic mass is 35.5.